The fourth-order valence-electron chi connectivity index (χ4n) is 2.81. The number of nitrogens with zero attached hydrogens (tertiary/aromatic N) is 1. The number of amides is 3. The Balaban J connectivity index is 2.98. The van der Waals surface area contributed by atoms with Gasteiger partial charge in [-0.15, -0.1) is 0 Å². The molecular formula is C20H35N7O5. The van der Waals surface area contributed by atoms with E-state index in [1.165, 1.54) is 19.4 Å². The molecule has 0 spiro atoms. The summed E-state index contributed by atoms with van der Waals surface area (Å²) in [6.07, 6.45) is 4.52. The quantitative estimate of drug-likeness (QED) is 0.167. The number of aromatic amines is 1. The fraction of sp³-hybridized carbons (Fsp3) is 0.650. The van der Waals surface area contributed by atoms with Gasteiger partial charge in [-0.1, -0.05) is 13.8 Å². The van der Waals surface area contributed by atoms with E-state index in [2.05, 4.69) is 25.9 Å². The van der Waals surface area contributed by atoms with Gasteiger partial charge in [0.1, 0.15) is 18.1 Å². The Bertz CT molecular complexity index is 754. The Morgan fingerprint density at radius 1 is 1.03 bits per heavy atom. The Morgan fingerprint density at radius 3 is 2.19 bits per heavy atom. The number of hydrogen-bond donors (Lipinski definition) is 7. The van der Waals surface area contributed by atoms with Crippen molar-refractivity contribution in [1.29, 1.82) is 0 Å². The number of nitrogens with two attached hydrogens (primary N) is 2. The fourth-order valence-corrected chi connectivity index (χ4v) is 2.81. The third-order valence-corrected chi connectivity index (χ3v) is 4.94. The van der Waals surface area contributed by atoms with Gasteiger partial charge in [-0.2, -0.15) is 0 Å². The highest BCUT2D eigenvalue weighted by Crippen LogP contribution is 2.06. The zero-order chi connectivity index (χ0) is 24.3. The van der Waals surface area contributed by atoms with Crippen LogP contribution in [0.5, 0.6) is 0 Å². The van der Waals surface area contributed by atoms with E-state index in [0.717, 1.165) is 0 Å². The summed E-state index contributed by atoms with van der Waals surface area (Å²) in [6, 6.07) is -3.95. The Hall–Kier alpha value is -2.99. The normalized spacial score (nSPS) is 14.8. The van der Waals surface area contributed by atoms with Gasteiger partial charge in [-0.05, 0) is 38.6 Å². The molecule has 0 fully saturated rings. The Morgan fingerprint density at radius 2 is 1.66 bits per heavy atom. The molecule has 0 aliphatic rings. The molecule has 0 saturated heterocycles. The van der Waals surface area contributed by atoms with Crippen molar-refractivity contribution in [2.75, 3.05) is 6.54 Å². The van der Waals surface area contributed by atoms with Gasteiger partial charge in [-0.25, -0.2) is 4.98 Å². The summed E-state index contributed by atoms with van der Waals surface area (Å²) in [5, 5.41) is 16.7. The van der Waals surface area contributed by atoms with Crippen LogP contribution in [0.25, 0.3) is 0 Å². The minimum atomic E-state index is -1.21. The smallest absolute Gasteiger partial charge is 0.325 e. The van der Waals surface area contributed by atoms with Crippen molar-refractivity contribution >= 4 is 23.7 Å². The molecule has 12 heteroatoms. The van der Waals surface area contributed by atoms with Gasteiger partial charge in [0.05, 0.1) is 12.4 Å². The second-order valence-electron chi connectivity index (χ2n) is 8.03. The molecule has 0 bridgehead atoms. The van der Waals surface area contributed by atoms with Gasteiger partial charge < -0.3 is 37.5 Å². The first-order valence-corrected chi connectivity index (χ1v) is 10.6. The number of aliphatic carboxylic acids is 1. The molecule has 180 valence electrons. The van der Waals surface area contributed by atoms with E-state index >= 15 is 0 Å². The predicted octanol–water partition coefficient (Wildman–Crippen LogP) is -1.38. The number of unbranched alkanes of at least 4 members (excludes halogenated alkanes) is 1. The van der Waals surface area contributed by atoms with Crippen LogP contribution in [0.15, 0.2) is 12.5 Å². The Labute approximate surface area is 187 Å². The van der Waals surface area contributed by atoms with E-state index in [-0.39, 0.29) is 12.3 Å². The van der Waals surface area contributed by atoms with Crippen molar-refractivity contribution in [1.82, 2.24) is 25.9 Å². The zero-order valence-electron chi connectivity index (χ0n) is 18.8. The number of nitrogens with one attached hydrogen (secondary N) is 4. The minimum Gasteiger partial charge on any atom is -0.480 e. The second kappa shape index (κ2) is 13.4. The first-order chi connectivity index (χ1) is 15.1. The van der Waals surface area contributed by atoms with Crippen molar-refractivity contribution < 1.29 is 24.3 Å². The molecule has 32 heavy (non-hydrogen) atoms. The molecule has 1 heterocycles. The molecular weight excluding hydrogens is 418 g/mol. The molecule has 0 radical (unpaired) electrons. The van der Waals surface area contributed by atoms with Gasteiger partial charge >= 0.3 is 5.97 Å². The number of carboxylic acid groups (broad SMARTS) is 1. The van der Waals surface area contributed by atoms with Gasteiger partial charge in [0, 0.05) is 18.3 Å². The number of carbonyl (C=O) groups excluding carboxylic acids is 3. The highest BCUT2D eigenvalue weighted by Gasteiger charge is 2.30. The van der Waals surface area contributed by atoms with Gasteiger partial charge in [-0.3, -0.25) is 19.2 Å². The van der Waals surface area contributed by atoms with Crippen LogP contribution < -0.4 is 27.4 Å². The van der Waals surface area contributed by atoms with E-state index in [4.69, 9.17) is 16.6 Å². The molecule has 1 aromatic heterocycles. The highest BCUT2D eigenvalue weighted by atomic mass is 16.4. The minimum absolute atomic E-state index is 0.0545. The molecule has 0 aliphatic heterocycles. The van der Waals surface area contributed by atoms with Crippen LogP contribution in [0.1, 0.15) is 45.7 Å². The molecule has 0 aromatic carbocycles. The summed E-state index contributed by atoms with van der Waals surface area (Å²) >= 11 is 0. The van der Waals surface area contributed by atoms with Crippen LogP contribution in [0.3, 0.4) is 0 Å². The topological polar surface area (TPSA) is 205 Å². The number of hydrogen-bond acceptors (Lipinski definition) is 7. The number of carbonyl (C=O) groups is 4. The molecule has 4 atom stereocenters. The molecule has 1 aromatic rings. The van der Waals surface area contributed by atoms with Gasteiger partial charge in [0.15, 0.2) is 0 Å². The second-order valence-corrected chi connectivity index (χ2v) is 8.03. The maximum atomic E-state index is 13.0. The highest BCUT2D eigenvalue weighted by molar-refractivity contribution is 5.94. The maximum absolute atomic E-state index is 13.0. The molecule has 3 amide bonds. The first-order valence-electron chi connectivity index (χ1n) is 10.6. The Kier molecular flexibility index (Phi) is 11.3. The SMILES string of the molecule is CC(NC(=O)C(Cc1cnc[nH]1)NC(=O)C(CCCCN)NC(=O)C(N)C(C)C)C(=O)O. The molecule has 4 unspecified atom stereocenters. The van der Waals surface area contributed by atoms with E-state index < -0.39 is 47.9 Å². The third kappa shape index (κ3) is 9.02. The molecule has 12 nitrogen and oxygen atoms in total. The lowest BCUT2D eigenvalue weighted by atomic mass is 10.0. The standard InChI is InChI=1S/C20H35N7O5/c1-11(2)16(22)19(30)26-14(6-4-5-7-21)17(28)27-15(8-13-9-23-10-24-13)18(29)25-12(3)20(31)32/h9-12,14-16H,4-8,21-22H2,1-3H3,(H,23,24)(H,25,29)(H,26,30)(H,27,28)(H,31,32). The van der Waals surface area contributed by atoms with Crippen molar-refractivity contribution in [3.8, 4) is 0 Å². The van der Waals surface area contributed by atoms with E-state index in [0.29, 0.717) is 31.5 Å². The van der Waals surface area contributed by atoms with E-state index in [1.54, 1.807) is 13.8 Å². The van der Waals surface area contributed by atoms with Crippen molar-refractivity contribution in [2.24, 2.45) is 17.4 Å². The predicted molar refractivity (Wildman–Crippen MR) is 117 cm³/mol. The van der Waals surface area contributed by atoms with Crippen molar-refractivity contribution in [2.45, 2.75) is 70.6 Å². The largest absolute Gasteiger partial charge is 0.480 e. The average Bonchev–Trinajstić information content (AvgIpc) is 3.24. The molecule has 0 aliphatic carbocycles. The number of H-pyrrole nitrogens is 1. The third-order valence-electron chi connectivity index (χ3n) is 4.94. The van der Waals surface area contributed by atoms with Crippen molar-refractivity contribution in [3.63, 3.8) is 0 Å². The molecule has 1 rings (SSSR count). The summed E-state index contributed by atoms with van der Waals surface area (Å²) in [5.74, 6) is -3.05. The van der Waals surface area contributed by atoms with Crippen LogP contribution in [0.2, 0.25) is 0 Å². The summed E-state index contributed by atoms with van der Waals surface area (Å²) in [5.41, 5.74) is 12.0. The van der Waals surface area contributed by atoms with Crippen LogP contribution in [-0.2, 0) is 25.6 Å². The van der Waals surface area contributed by atoms with Crippen LogP contribution >= 0.6 is 0 Å². The summed E-state index contributed by atoms with van der Waals surface area (Å²) < 4.78 is 0. The molecule has 0 saturated carbocycles. The van der Waals surface area contributed by atoms with E-state index in [9.17, 15) is 19.2 Å². The number of imidazole rings is 1. The van der Waals surface area contributed by atoms with E-state index in [1.807, 2.05) is 0 Å². The van der Waals surface area contributed by atoms with Crippen molar-refractivity contribution in [3.05, 3.63) is 18.2 Å². The lowest BCUT2D eigenvalue weighted by Crippen LogP contribution is -2.57. The van der Waals surface area contributed by atoms with Gasteiger partial charge in [0.2, 0.25) is 17.7 Å². The zero-order valence-corrected chi connectivity index (χ0v) is 18.8. The van der Waals surface area contributed by atoms with Crippen LogP contribution in [-0.4, -0.2) is 69.5 Å². The maximum Gasteiger partial charge on any atom is 0.325 e. The van der Waals surface area contributed by atoms with Crippen LogP contribution in [0.4, 0.5) is 0 Å². The lowest BCUT2D eigenvalue weighted by molar-refractivity contribution is -0.141. The summed E-state index contributed by atoms with van der Waals surface area (Å²) in [7, 11) is 0. The first kappa shape index (κ1) is 27.0. The number of rotatable bonds is 14. The number of carboxylic acids is 1. The number of aromatic nitrogens is 2. The average molecular weight is 454 g/mol. The summed E-state index contributed by atoms with van der Waals surface area (Å²) in [6.45, 7) is 5.34. The summed E-state index contributed by atoms with van der Waals surface area (Å²) in [4.78, 5) is 55.9. The monoisotopic (exact) mass is 453 g/mol. The lowest BCUT2D eigenvalue weighted by Gasteiger charge is -2.25. The van der Waals surface area contributed by atoms with Crippen LogP contribution in [0, 0.1) is 5.92 Å². The van der Waals surface area contributed by atoms with Gasteiger partial charge in [0.25, 0.3) is 0 Å². The molecule has 9 N–H and O–H groups in total.